The Balaban J connectivity index is 1.40. The molecule has 1 aromatic rings. The van der Waals surface area contributed by atoms with Crippen molar-refractivity contribution >= 4 is 29.3 Å². The summed E-state index contributed by atoms with van der Waals surface area (Å²) in [6.07, 6.45) is 4.78. The maximum Gasteiger partial charge on any atom is 0.238 e. The predicted octanol–water partition coefficient (Wildman–Crippen LogP) is 2.23. The second-order valence-corrected chi connectivity index (χ2v) is 8.31. The molecule has 24 heavy (non-hydrogen) atoms. The minimum Gasteiger partial charge on any atom is -0.343 e. The predicted molar refractivity (Wildman–Crippen MR) is 95.1 cm³/mol. The lowest BCUT2D eigenvalue weighted by Gasteiger charge is -2.36. The molecule has 3 aliphatic rings. The summed E-state index contributed by atoms with van der Waals surface area (Å²) in [5.41, 5.74) is 0.847. The Morgan fingerprint density at radius 1 is 1.25 bits per heavy atom. The van der Waals surface area contributed by atoms with Crippen LogP contribution in [0.4, 0.5) is 5.69 Å². The van der Waals surface area contributed by atoms with Crippen molar-refractivity contribution in [1.29, 1.82) is 0 Å². The average Bonchev–Trinajstić information content (AvgIpc) is 2.92. The van der Waals surface area contributed by atoms with Gasteiger partial charge in [-0.25, -0.2) is 0 Å². The second kappa shape index (κ2) is 6.41. The van der Waals surface area contributed by atoms with E-state index in [9.17, 15) is 9.59 Å². The van der Waals surface area contributed by atoms with E-state index in [0.29, 0.717) is 18.1 Å². The molecule has 2 bridgehead atoms. The van der Waals surface area contributed by atoms with Gasteiger partial charge >= 0.3 is 0 Å². The van der Waals surface area contributed by atoms with Gasteiger partial charge in [-0.2, -0.15) is 0 Å². The van der Waals surface area contributed by atoms with Crippen LogP contribution in [0, 0.1) is 0 Å². The largest absolute Gasteiger partial charge is 0.343 e. The first-order valence-corrected chi connectivity index (χ1v) is 9.56. The van der Waals surface area contributed by atoms with Gasteiger partial charge in [-0.3, -0.25) is 9.59 Å². The SMILES string of the molecule is CN(C(=O)CC1Sc2ccccc2NC1=O)C1CC2CCC(C1)N2. The van der Waals surface area contributed by atoms with Crippen LogP contribution in [0.25, 0.3) is 0 Å². The second-order valence-electron chi connectivity index (χ2n) is 7.06. The molecular formula is C18H23N3O2S. The van der Waals surface area contributed by atoms with Gasteiger partial charge in [-0.1, -0.05) is 12.1 Å². The van der Waals surface area contributed by atoms with E-state index in [-0.39, 0.29) is 23.5 Å². The van der Waals surface area contributed by atoms with Crippen molar-refractivity contribution in [3.05, 3.63) is 24.3 Å². The molecule has 1 aromatic carbocycles. The molecule has 3 atom stereocenters. The van der Waals surface area contributed by atoms with E-state index in [4.69, 9.17) is 0 Å². The Morgan fingerprint density at radius 3 is 2.71 bits per heavy atom. The number of piperidine rings is 1. The third kappa shape index (κ3) is 3.05. The molecule has 3 unspecified atom stereocenters. The lowest BCUT2D eigenvalue weighted by molar-refractivity contribution is -0.134. The molecule has 0 aliphatic carbocycles. The lowest BCUT2D eigenvalue weighted by Crippen LogP contribution is -2.49. The summed E-state index contributed by atoms with van der Waals surface area (Å²) in [7, 11) is 1.90. The Bertz CT molecular complexity index is 653. The Kier molecular flexibility index (Phi) is 4.26. The molecule has 4 rings (SSSR count). The number of nitrogens with one attached hydrogen (secondary N) is 2. The zero-order valence-corrected chi connectivity index (χ0v) is 14.6. The quantitative estimate of drug-likeness (QED) is 0.882. The molecule has 2 saturated heterocycles. The van der Waals surface area contributed by atoms with Gasteiger partial charge in [0.25, 0.3) is 0 Å². The summed E-state index contributed by atoms with van der Waals surface area (Å²) in [4.78, 5) is 27.9. The number of rotatable bonds is 3. The standard InChI is InChI=1S/C18H23N3O2S/c1-21(13-8-11-6-7-12(9-13)19-11)17(22)10-16-18(23)20-14-4-2-3-5-15(14)24-16/h2-5,11-13,16,19H,6-10H2,1H3,(H,20,23). The van der Waals surface area contributed by atoms with E-state index in [1.54, 1.807) is 0 Å². The van der Waals surface area contributed by atoms with Crippen LogP contribution in [0.2, 0.25) is 0 Å². The monoisotopic (exact) mass is 345 g/mol. The topological polar surface area (TPSA) is 61.4 Å². The first kappa shape index (κ1) is 16.0. The maximum atomic E-state index is 12.7. The zero-order valence-electron chi connectivity index (χ0n) is 13.8. The summed E-state index contributed by atoms with van der Waals surface area (Å²) in [6, 6.07) is 9.18. The number of carbonyl (C=O) groups is 2. The van der Waals surface area contributed by atoms with Crippen molar-refractivity contribution < 1.29 is 9.59 Å². The molecule has 2 fully saturated rings. The highest BCUT2D eigenvalue weighted by Gasteiger charge is 2.37. The molecule has 5 nitrogen and oxygen atoms in total. The summed E-state index contributed by atoms with van der Waals surface area (Å²) in [5, 5.41) is 6.19. The van der Waals surface area contributed by atoms with Crippen LogP contribution in [0.5, 0.6) is 0 Å². The number of nitrogens with zero attached hydrogens (tertiary/aromatic N) is 1. The van der Waals surface area contributed by atoms with Gasteiger partial charge in [0.15, 0.2) is 0 Å². The highest BCUT2D eigenvalue weighted by Crippen LogP contribution is 2.37. The first-order valence-electron chi connectivity index (χ1n) is 8.68. The number of thioether (sulfide) groups is 1. The van der Waals surface area contributed by atoms with Crippen molar-refractivity contribution in [2.45, 2.75) is 60.4 Å². The van der Waals surface area contributed by atoms with Crippen LogP contribution in [-0.4, -0.2) is 47.1 Å². The van der Waals surface area contributed by atoms with Gasteiger partial charge in [0.05, 0.1) is 10.9 Å². The lowest BCUT2D eigenvalue weighted by atomic mass is 9.98. The fourth-order valence-corrected chi connectivity index (χ4v) is 5.18. The van der Waals surface area contributed by atoms with Crippen LogP contribution < -0.4 is 10.6 Å². The molecule has 128 valence electrons. The van der Waals surface area contributed by atoms with E-state index in [2.05, 4.69) is 10.6 Å². The van der Waals surface area contributed by atoms with Gasteiger partial charge in [0, 0.05) is 36.5 Å². The fourth-order valence-electron chi connectivity index (χ4n) is 4.08. The van der Waals surface area contributed by atoms with Gasteiger partial charge in [0.2, 0.25) is 11.8 Å². The van der Waals surface area contributed by atoms with Crippen molar-refractivity contribution in [3.8, 4) is 0 Å². The van der Waals surface area contributed by atoms with Crippen LogP contribution in [0.1, 0.15) is 32.1 Å². The van der Waals surface area contributed by atoms with Crippen LogP contribution in [0.15, 0.2) is 29.2 Å². The fraction of sp³-hybridized carbons (Fsp3) is 0.556. The number of carbonyl (C=O) groups excluding carboxylic acids is 2. The van der Waals surface area contributed by atoms with Crippen molar-refractivity contribution in [2.75, 3.05) is 12.4 Å². The summed E-state index contributed by atoms with van der Waals surface area (Å²) in [6.45, 7) is 0. The van der Waals surface area contributed by atoms with E-state index in [0.717, 1.165) is 23.4 Å². The molecule has 0 spiro atoms. The third-order valence-corrected chi connectivity index (χ3v) is 6.73. The normalized spacial score (nSPS) is 31.3. The number of hydrogen-bond acceptors (Lipinski definition) is 4. The summed E-state index contributed by atoms with van der Waals surface area (Å²) < 4.78 is 0. The molecule has 3 heterocycles. The van der Waals surface area contributed by atoms with Gasteiger partial charge in [0.1, 0.15) is 0 Å². The van der Waals surface area contributed by atoms with E-state index in [1.165, 1.54) is 24.6 Å². The minimum atomic E-state index is -0.340. The number of benzene rings is 1. The Labute approximate surface area is 146 Å². The highest BCUT2D eigenvalue weighted by molar-refractivity contribution is 8.01. The zero-order chi connectivity index (χ0) is 16.7. The van der Waals surface area contributed by atoms with E-state index in [1.807, 2.05) is 36.2 Å². The van der Waals surface area contributed by atoms with Crippen molar-refractivity contribution in [2.24, 2.45) is 0 Å². The first-order chi connectivity index (χ1) is 11.6. The highest BCUT2D eigenvalue weighted by atomic mass is 32.2. The number of anilines is 1. The molecule has 2 amide bonds. The van der Waals surface area contributed by atoms with Crippen LogP contribution in [-0.2, 0) is 9.59 Å². The van der Waals surface area contributed by atoms with Crippen molar-refractivity contribution in [1.82, 2.24) is 10.2 Å². The van der Waals surface area contributed by atoms with Gasteiger partial charge in [-0.05, 0) is 37.8 Å². The summed E-state index contributed by atoms with van der Waals surface area (Å²) in [5.74, 6) is 0.0131. The molecule has 0 saturated carbocycles. The van der Waals surface area contributed by atoms with Crippen molar-refractivity contribution in [3.63, 3.8) is 0 Å². The molecule has 0 aromatic heterocycles. The van der Waals surface area contributed by atoms with Crippen LogP contribution >= 0.6 is 11.8 Å². The maximum absolute atomic E-state index is 12.7. The smallest absolute Gasteiger partial charge is 0.238 e. The molecular weight excluding hydrogens is 322 g/mol. The number of fused-ring (bicyclic) bond motifs is 3. The average molecular weight is 345 g/mol. The molecule has 2 N–H and O–H groups in total. The molecule has 3 aliphatic heterocycles. The Morgan fingerprint density at radius 2 is 1.96 bits per heavy atom. The number of hydrogen-bond donors (Lipinski definition) is 2. The van der Waals surface area contributed by atoms with Gasteiger partial charge < -0.3 is 15.5 Å². The molecule has 6 heteroatoms. The number of amides is 2. The van der Waals surface area contributed by atoms with Crippen LogP contribution in [0.3, 0.4) is 0 Å². The Hall–Kier alpha value is -1.53. The molecule has 0 radical (unpaired) electrons. The number of para-hydroxylation sites is 1. The van der Waals surface area contributed by atoms with E-state index >= 15 is 0 Å². The van der Waals surface area contributed by atoms with Gasteiger partial charge in [-0.15, -0.1) is 11.8 Å². The summed E-state index contributed by atoms with van der Waals surface area (Å²) >= 11 is 1.50. The van der Waals surface area contributed by atoms with E-state index < -0.39 is 0 Å². The minimum absolute atomic E-state index is 0.0640. The third-order valence-electron chi connectivity index (χ3n) is 5.46.